The first-order chi connectivity index (χ1) is 4.52. The van der Waals surface area contributed by atoms with E-state index in [2.05, 4.69) is 0 Å². The summed E-state index contributed by atoms with van der Waals surface area (Å²) in [6.45, 7) is 0. The van der Waals surface area contributed by atoms with Crippen molar-refractivity contribution in [2.75, 3.05) is 0 Å². The fourth-order valence-corrected chi connectivity index (χ4v) is 0.684. The standard InChI is InChI=1S/C4H4O5S/c5-2-1-4(3-6)10(7,8)9/h4H,1H2,(H,7,8,9). The van der Waals surface area contributed by atoms with Crippen LogP contribution in [-0.2, 0) is 19.7 Å². The molecule has 0 fully saturated rings. The zero-order valence-corrected chi connectivity index (χ0v) is 5.59. The van der Waals surface area contributed by atoms with Crippen LogP contribution >= 0.6 is 0 Å². The smallest absolute Gasteiger partial charge is 0.275 e. The Labute approximate surface area is 57.8 Å². The molecular weight excluding hydrogens is 160 g/mol. The Morgan fingerprint density at radius 3 is 2.00 bits per heavy atom. The molecule has 2 radical (unpaired) electrons. The van der Waals surface area contributed by atoms with Crippen molar-refractivity contribution in [3.8, 4) is 0 Å². The highest BCUT2D eigenvalue weighted by Crippen LogP contribution is 1.97. The molecule has 56 valence electrons. The summed E-state index contributed by atoms with van der Waals surface area (Å²) >= 11 is 0. The van der Waals surface area contributed by atoms with Crippen LogP contribution in [0.2, 0.25) is 0 Å². The number of rotatable bonds is 4. The van der Waals surface area contributed by atoms with E-state index in [4.69, 9.17) is 4.55 Å². The highest BCUT2D eigenvalue weighted by molar-refractivity contribution is 7.87. The summed E-state index contributed by atoms with van der Waals surface area (Å²) in [5.41, 5.74) is 0. The van der Waals surface area contributed by atoms with Gasteiger partial charge in [0.1, 0.15) is 0 Å². The predicted octanol–water partition coefficient (Wildman–Crippen LogP) is -1.15. The molecule has 0 aliphatic carbocycles. The first-order valence-corrected chi connectivity index (χ1v) is 3.71. The summed E-state index contributed by atoms with van der Waals surface area (Å²) in [7, 11) is -4.46. The lowest BCUT2D eigenvalue weighted by molar-refractivity contribution is 0.471. The van der Waals surface area contributed by atoms with Gasteiger partial charge in [-0.15, -0.1) is 0 Å². The van der Waals surface area contributed by atoms with Gasteiger partial charge in [0.2, 0.25) is 6.29 Å². The van der Waals surface area contributed by atoms with Crippen molar-refractivity contribution < 1.29 is 22.6 Å². The lowest BCUT2D eigenvalue weighted by Gasteiger charge is -1.97. The number of hydrogen-bond donors (Lipinski definition) is 1. The van der Waals surface area contributed by atoms with E-state index in [-0.39, 0.29) is 0 Å². The van der Waals surface area contributed by atoms with E-state index in [0.717, 1.165) is 6.29 Å². The molecule has 10 heavy (non-hydrogen) atoms. The molecule has 1 N–H and O–H groups in total. The lowest BCUT2D eigenvalue weighted by Crippen LogP contribution is -2.22. The summed E-state index contributed by atoms with van der Waals surface area (Å²) in [5, 5.41) is -1.79. The van der Waals surface area contributed by atoms with Gasteiger partial charge in [-0.3, -0.25) is 14.1 Å². The predicted molar refractivity (Wildman–Crippen MR) is 31.3 cm³/mol. The van der Waals surface area contributed by atoms with Crippen LogP contribution in [-0.4, -0.2) is 30.8 Å². The van der Waals surface area contributed by atoms with Gasteiger partial charge in [0, 0.05) is 6.42 Å². The molecule has 0 aromatic rings. The fourth-order valence-electron chi connectivity index (χ4n) is 0.283. The number of hydrogen-bond acceptors (Lipinski definition) is 4. The van der Waals surface area contributed by atoms with Crippen molar-refractivity contribution in [3.05, 3.63) is 0 Å². The Morgan fingerprint density at radius 2 is 1.90 bits per heavy atom. The maximum Gasteiger partial charge on any atom is 0.275 e. The van der Waals surface area contributed by atoms with Gasteiger partial charge in [-0.2, -0.15) is 8.42 Å². The fraction of sp³-hybridized carbons (Fsp3) is 0.500. The molecule has 0 aromatic carbocycles. The first kappa shape index (κ1) is 9.25. The molecular formula is C4H4O5S. The van der Waals surface area contributed by atoms with Crippen LogP contribution in [0.3, 0.4) is 0 Å². The van der Waals surface area contributed by atoms with E-state index in [9.17, 15) is 18.0 Å². The largest absolute Gasteiger partial charge is 0.291 e. The van der Waals surface area contributed by atoms with Gasteiger partial charge in [0.05, 0.1) is 0 Å². The van der Waals surface area contributed by atoms with Crippen LogP contribution < -0.4 is 0 Å². The van der Waals surface area contributed by atoms with Crippen LogP contribution in [0.5, 0.6) is 0 Å². The summed E-state index contributed by atoms with van der Waals surface area (Å²) in [6.07, 6.45) is 1.49. The molecule has 0 saturated carbocycles. The molecule has 0 bridgehead atoms. The molecule has 1 unspecified atom stereocenters. The van der Waals surface area contributed by atoms with Gasteiger partial charge in [-0.05, 0) is 0 Å². The van der Waals surface area contributed by atoms with Gasteiger partial charge in [-0.25, -0.2) is 0 Å². The van der Waals surface area contributed by atoms with Gasteiger partial charge in [0.15, 0.2) is 11.5 Å². The molecule has 6 heteroatoms. The Morgan fingerprint density at radius 1 is 1.40 bits per heavy atom. The Bertz CT molecular complexity index is 216. The third-order valence-electron chi connectivity index (χ3n) is 0.760. The molecule has 0 aliphatic rings. The average Bonchev–Trinajstić information content (AvgIpc) is 1.80. The highest BCUT2D eigenvalue weighted by Gasteiger charge is 2.22. The zero-order chi connectivity index (χ0) is 8.20. The molecule has 0 rings (SSSR count). The van der Waals surface area contributed by atoms with E-state index in [0.29, 0.717) is 0 Å². The molecule has 0 spiro atoms. The Balaban J connectivity index is 4.36. The van der Waals surface area contributed by atoms with E-state index < -0.39 is 21.8 Å². The van der Waals surface area contributed by atoms with E-state index in [1.54, 1.807) is 0 Å². The van der Waals surface area contributed by atoms with Crippen molar-refractivity contribution in [3.63, 3.8) is 0 Å². The second-order valence-corrected chi connectivity index (χ2v) is 3.07. The minimum absolute atomic E-state index is 0.678. The van der Waals surface area contributed by atoms with E-state index in [1.165, 1.54) is 6.29 Å². The highest BCUT2D eigenvalue weighted by atomic mass is 32.2. The summed E-state index contributed by atoms with van der Waals surface area (Å²) in [4.78, 5) is 19.2. The maximum absolute atomic E-state index is 10.1. The van der Waals surface area contributed by atoms with Gasteiger partial charge < -0.3 is 0 Å². The van der Waals surface area contributed by atoms with Crippen molar-refractivity contribution in [1.82, 2.24) is 0 Å². The van der Waals surface area contributed by atoms with Crippen molar-refractivity contribution in [2.24, 2.45) is 0 Å². The second-order valence-electron chi connectivity index (χ2n) is 1.47. The quantitative estimate of drug-likeness (QED) is 0.530. The van der Waals surface area contributed by atoms with Gasteiger partial charge >= 0.3 is 0 Å². The average molecular weight is 164 g/mol. The molecule has 0 saturated heterocycles. The van der Waals surface area contributed by atoms with Gasteiger partial charge in [0.25, 0.3) is 10.1 Å². The summed E-state index contributed by atoms with van der Waals surface area (Å²) < 4.78 is 28.3. The minimum Gasteiger partial charge on any atom is -0.291 e. The molecule has 1 atom stereocenters. The monoisotopic (exact) mass is 164 g/mol. The maximum atomic E-state index is 10.1. The van der Waals surface area contributed by atoms with Crippen molar-refractivity contribution in [1.29, 1.82) is 0 Å². The Hall–Kier alpha value is -0.750. The van der Waals surface area contributed by atoms with Crippen LogP contribution in [0.4, 0.5) is 0 Å². The molecule has 0 amide bonds. The number of carbonyl (C=O) groups excluding carboxylic acids is 2. The van der Waals surface area contributed by atoms with Crippen molar-refractivity contribution >= 4 is 22.7 Å². The molecule has 0 aliphatic heterocycles. The summed E-state index contributed by atoms with van der Waals surface area (Å²) in [6, 6.07) is 0. The molecule has 0 heterocycles. The van der Waals surface area contributed by atoms with E-state index in [1.807, 2.05) is 0 Å². The van der Waals surface area contributed by atoms with Crippen LogP contribution in [0.25, 0.3) is 0 Å². The van der Waals surface area contributed by atoms with Crippen molar-refractivity contribution in [2.45, 2.75) is 11.7 Å². The third-order valence-corrected chi connectivity index (χ3v) is 1.74. The Kier molecular flexibility index (Phi) is 3.17. The van der Waals surface area contributed by atoms with Crippen LogP contribution in [0.15, 0.2) is 0 Å². The topological polar surface area (TPSA) is 88.5 Å². The normalized spacial score (nSPS) is 14.1. The van der Waals surface area contributed by atoms with Crippen LogP contribution in [0.1, 0.15) is 6.42 Å². The lowest BCUT2D eigenvalue weighted by atomic mass is 10.4. The zero-order valence-electron chi connectivity index (χ0n) is 4.77. The first-order valence-electron chi connectivity index (χ1n) is 2.21. The third kappa shape index (κ3) is 2.70. The molecule has 0 aromatic heterocycles. The van der Waals surface area contributed by atoms with Gasteiger partial charge in [-0.1, -0.05) is 0 Å². The van der Waals surface area contributed by atoms with E-state index >= 15 is 0 Å². The second kappa shape index (κ2) is 3.43. The van der Waals surface area contributed by atoms with Crippen LogP contribution in [0, 0.1) is 0 Å². The molecule has 5 nitrogen and oxygen atoms in total. The summed E-state index contributed by atoms with van der Waals surface area (Å²) in [5.74, 6) is 0. The SMILES string of the molecule is O=[C]CC([C]=O)S(=O)(=O)O. The minimum atomic E-state index is -4.46.